The van der Waals surface area contributed by atoms with Crippen LogP contribution >= 0.6 is 0 Å². The molecule has 3 nitrogen and oxygen atoms in total. The highest BCUT2D eigenvalue weighted by Crippen LogP contribution is 2.34. The molecule has 0 amide bonds. The minimum atomic E-state index is 0.566. The lowest BCUT2D eigenvalue weighted by molar-refractivity contribution is 0.222. The number of methoxy groups -OCH3 is 1. The van der Waals surface area contributed by atoms with Gasteiger partial charge in [0.1, 0.15) is 5.75 Å². The molecule has 0 bridgehead atoms. The van der Waals surface area contributed by atoms with E-state index in [4.69, 9.17) is 4.74 Å². The normalized spacial score (nSPS) is 28.3. The number of fused-ring (bicyclic) bond motifs is 1. The third kappa shape index (κ3) is 2.49. The van der Waals surface area contributed by atoms with E-state index in [9.17, 15) is 0 Å². The molecule has 2 aliphatic rings. The molecule has 3 rings (SSSR count). The Labute approximate surface area is 115 Å². The van der Waals surface area contributed by atoms with E-state index in [0.29, 0.717) is 6.04 Å². The van der Waals surface area contributed by atoms with Crippen molar-refractivity contribution in [3.05, 3.63) is 29.8 Å². The monoisotopic (exact) mass is 260 g/mol. The summed E-state index contributed by atoms with van der Waals surface area (Å²) >= 11 is 0. The standard InChI is InChI=1S/C16H24N2O/c1-3-16(12-4-6-15(19-2)7-5-12)18-10-13-8-17-9-14(13)11-18/h4-7,13-14,16-17H,3,8-11H2,1-2H3/t13-,14+,16?. The predicted octanol–water partition coefficient (Wildman–Crippen LogP) is 2.30. The van der Waals surface area contributed by atoms with Crippen molar-refractivity contribution in [1.29, 1.82) is 0 Å². The van der Waals surface area contributed by atoms with Crippen LogP contribution in [-0.2, 0) is 0 Å². The minimum absolute atomic E-state index is 0.566. The largest absolute Gasteiger partial charge is 0.497 e. The summed E-state index contributed by atoms with van der Waals surface area (Å²) in [5.41, 5.74) is 1.43. The molecule has 0 radical (unpaired) electrons. The summed E-state index contributed by atoms with van der Waals surface area (Å²) in [5.74, 6) is 2.68. The van der Waals surface area contributed by atoms with E-state index in [1.807, 2.05) is 0 Å². The third-order valence-corrected chi connectivity index (χ3v) is 4.75. The second kappa shape index (κ2) is 5.51. The summed E-state index contributed by atoms with van der Waals surface area (Å²) in [6, 6.07) is 9.17. The molecule has 1 aromatic carbocycles. The van der Waals surface area contributed by atoms with Crippen LogP contribution in [0.2, 0.25) is 0 Å². The Balaban J connectivity index is 1.73. The molecule has 2 heterocycles. The summed E-state index contributed by atoms with van der Waals surface area (Å²) in [7, 11) is 1.72. The summed E-state index contributed by atoms with van der Waals surface area (Å²) in [5, 5.41) is 3.51. The van der Waals surface area contributed by atoms with Crippen molar-refractivity contribution in [1.82, 2.24) is 10.2 Å². The third-order valence-electron chi connectivity index (χ3n) is 4.75. The average molecular weight is 260 g/mol. The molecular formula is C16H24N2O. The number of likely N-dealkylation sites (tertiary alicyclic amines) is 1. The van der Waals surface area contributed by atoms with Gasteiger partial charge in [-0.3, -0.25) is 4.90 Å². The van der Waals surface area contributed by atoms with Crippen LogP contribution in [0.4, 0.5) is 0 Å². The molecule has 1 N–H and O–H groups in total. The number of ether oxygens (including phenoxy) is 1. The molecule has 0 aromatic heterocycles. The van der Waals surface area contributed by atoms with Gasteiger partial charge in [0.25, 0.3) is 0 Å². The van der Waals surface area contributed by atoms with Gasteiger partial charge in [0.05, 0.1) is 7.11 Å². The van der Waals surface area contributed by atoms with E-state index in [2.05, 4.69) is 41.4 Å². The first kappa shape index (κ1) is 12.9. The average Bonchev–Trinajstić information content (AvgIpc) is 3.02. The minimum Gasteiger partial charge on any atom is -0.497 e. The molecular weight excluding hydrogens is 236 g/mol. The molecule has 104 valence electrons. The second-order valence-corrected chi connectivity index (χ2v) is 5.83. The van der Waals surface area contributed by atoms with Gasteiger partial charge in [-0.15, -0.1) is 0 Å². The Morgan fingerprint density at radius 2 is 1.84 bits per heavy atom. The Morgan fingerprint density at radius 3 is 2.37 bits per heavy atom. The van der Waals surface area contributed by atoms with E-state index in [-0.39, 0.29) is 0 Å². The Kier molecular flexibility index (Phi) is 3.76. The van der Waals surface area contributed by atoms with Gasteiger partial charge in [0.2, 0.25) is 0 Å². The van der Waals surface area contributed by atoms with Crippen molar-refractivity contribution < 1.29 is 4.74 Å². The quantitative estimate of drug-likeness (QED) is 0.899. The Bertz CT molecular complexity index is 405. The lowest BCUT2D eigenvalue weighted by Gasteiger charge is -2.28. The zero-order valence-corrected chi connectivity index (χ0v) is 11.9. The van der Waals surface area contributed by atoms with Crippen LogP contribution in [0.1, 0.15) is 24.9 Å². The summed E-state index contributed by atoms with van der Waals surface area (Å²) in [6.45, 7) is 7.21. The van der Waals surface area contributed by atoms with Gasteiger partial charge in [0, 0.05) is 19.1 Å². The second-order valence-electron chi connectivity index (χ2n) is 5.83. The molecule has 1 aromatic rings. The lowest BCUT2D eigenvalue weighted by Crippen LogP contribution is -2.29. The van der Waals surface area contributed by atoms with Gasteiger partial charge in [-0.25, -0.2) is 0 Å². The molecule has 1 unspecified atom stereocenters. The van der Waals surface area contributed by atoms with Crippen molar-refractivity contribution in [3.8, 4) is 5.75 Å². The highest BCUT2D eigenvalue weighted by Gasteiger charge is 2.38. The van der Waals surface area contributed by atoms with Gasteiger partial charge >= 0.3 is 0 Å². The lowest BCUT2D eigenvalue weighted by atomic mass is 10.0. The SMILES string of the molecule is CCC(c1ccc(OC)cc1)N1C[C@H]2CNC[C@H]2C1. The molecule has 2 aliphatic heterocycles. The van der Waals surface area contributed by atoms with Crippen molar-refractivity contribution in [2.75, 3.05) is 33.3 Å². The van der Waals surface area contributed by atoms with Crippen LogP contribution in [0.3, 0.4) is 0 Å². The number of hydrogen-bond acceptors (Lipinski definition) is 3. The van der Waals surface area contributed by atoms with Gasteiger partial charge in [-0.05, 0) is 49.0 Å². The van der Waals surface area contributed by atoms with E-state index < -0.39 is 0 Å². The van der Waals surface area contributed by atoms with Crippen LogP contribution in [0.5, 0.6) is 5.75 Å². The van der Waals surface area contributed by atoms with E-state index in [0.717, 1.165) is 17.6 Å². The molecule has 3 atom stereocenters. The van der Waals surface area contributed by atoms with Crippen LogP contribution in [0.25, 0.3) is 0 Å². The maximum absolute atomic E-state index is 5.25. The Hall–Kier alpha value is -1.06. The molecule has 0 aliphatic carbocycles. The zero-order chi connectivity index (χ0) is 13.2. The maximum Gasteiger partial charge on any atom is 0.118 e. The summed E-state index contributed by atoms with van der Waals surface area (Å²) < 4.78 is 5.25. The summed E-state index contributed by atoms with van der Waals surface area (Å²) in [6.07, 6.45) is 1.18. The van der Waals surface area contributed by atoms with Crippen molar-refractivity contribution >= 4 is 0 Å². The number of nitrogens with one attached hydrogen (secondary N) is 1. The van der Waals surface area contributed by atoms with Crippen LogP contribution < -0.4 is 10.1 Å². The smallest absolute Gasteiger partial charge is 0.118 e. The molecule has 2 saturated heterocycles. The van der Waals surface area contributed by atoms with Gasteiger partial charge < -0.3 is 10.1 Å². The van der Waals surface area contributed by atoms with Crippen LogP contribution in [-0.4, -0.2) is 38.2 Å². The van der Waals surface area contributed by atoms with Crippen LogP contribution in [0.15, 0.2) is 24.3 Å². The topological polar surface area (TPSA) is 24.5 Å². The van der Waals surface area contributed by atoms with Crippen LogP contribution in [0, 0.1) is 11.8 Å². The first-order valence-electron chi connectivity index (χ1n) is 7.40. The maximum atomic E-state index is 5.25. The molecule has 0 spiro atoms. The van der Waals surface area contributed by atoms with Gasteiger partial charge in [0.15, 0.2) is 0 Å². The molecule has 19 heavy (non-hydrogen) atoms. The van der Waals surface area contributed by atoms with Crippen molar-refractivity contribution in [3.63, 3.8) is 0 Å². The zero-order valence-electron chi connectivity index (χ0n) is 11.9. The fourth-order valence-corrected chi connectivity index (χ4v) is 3.68. The fourth-order valence-electron chi connectivity index (χ4n) is 3.68. The van der Waals surface area contributed by atoms with E-state index in [1.165, 1.54) is 38.2 Å². The van der Waals surface area contributed by atoms with Gasteiger partial charge in [-0.1, -0.05) is 19.1 Å². The van der Waals surface area contributed by atoms with E-state index in [1.54, 1.807) is 7.11 Å². The number of nitrogens with zero attached hydrogens (tertiary/aromatic N) is 1. The number of benzene rings is 1. The van der Waals surface area contributed by atoms with Crippen molar-refractivity contribution in [2.24, 2.45) is 11.8 Å². The summed E-state index contributed by atoms with van der Waals surface area (Å²) in [4.78, 5) is 2.68. The number of rotatable bonds is 4. The highest BCUT2D eigenvalue weighted by atomic mass is 16.5. The first-order chi connectivity index (χ1) is 9.31. The van der Waals surface area contributed by atoms with Gasteiger partial charge in [-0.2, -0.15) is 0 Å². The fraction of sp³-hybridized carbons (Fsp3) is 0.625. The number of hydrogen-bond donors (Lipinski definition) is 1. The Morgan fingerprint density at radius 1 is 1.21 bits per heavy atom. The van der Waals surface area contributed by atoms with E-state index >= 15 is 0 Å². The molecule has 2 fully saturated rings. The predicted molar refractivity (Wildman–Crippen MR) is 77.4 cm³/mol. The van der Waals surface area contributed by atoms with Crippen molar-refractivity contribution in [2.45, 2.75) is 19.4 Å². The first-order valence-corrected chi connectivity index (χ1v) is 7.40. The molecule has 0 saturated carbocycles. The molecule has 3 heteroatoms. The highest BCUT2D eigenvalue weighted by molar-refractivity contribution is 5.29.